The normalized spacial score (nSPS) is 26.8. The third kappa shape index (κ3) is 3.65. The lowest BCUT2D eigenvalue weighted by Gasteiger charge is -2.35. The van der Waals surface area contributed by atoms with Crippen molar-refractivity contribution in [3.8, 4) is 0 Å². The Balaban J connectivity index is 1.55. The van der Waals surface area contributed by atoms with E-state index in [1.165, 1.54) is 7.11 Å². The molecule has 7 nitrogen and oxygen atoms in total. The molecule has 2 amide bonds. The molecule has 1 N–H and O–H groups in total. The first kappa shape index (κ1) is 17.8. The number of nitrogens with one attached hydrogen (secondary N) is 1. The number of nitrogens with zero attached hydrogens (tertiary/aromatic N) is 3. The van der Waals surface area contributed by atoms with E-state index in [2.05, 4.69) is 17.3 Å². The molecule has 2 heterocycles. The standard InChI is InChI=1S/C18H28N4O3/c1-14(11-22-9-5-8-20-22)10-19-17(24)21-12-15-6-3-4-7-18(15,13-21)16(23)25-2/h5,8-9,14-15H,3-4,6-7,10-13H2,1-2H3,(H,19,24)/t14-,15+,18+/m0/s1. The summed E-state index contributed by atoms with van der Waals surface area (Å²) in [4.78, 5) is 26.8. The van der Waals surface area contributed by atoms with Crippen molar-refractivity contribution in [1.82, 2.24) is 20.0 Å². The lowest BCUT2D eigenvalue weighted by Crippen LogP contribution is -2.44. The number of esters is 1. The Bertz CT molecular complexity index is 603. The minimum Gasteiger partial charge on any atom is -0.469 e. The van der Waals surface area contributed by atoms with E-state index in [9.17, 15) is 9.59 Å². The summed E-state index contributed by atoms with van der Waals surface area (Å²) in [7, 11) is 1.45. The molecule has 1 saturated carbocycles. The number of likely N-dealkylation sites (tertiary alicyclic amines) is 1. The van der Waals surface area contributed by atoms with Crippen LogP contribution in [-0.4, -0.2) is 53.4 Å². The van der Waals surface area contributed by atoms with Crippen LogP contribution in [0.3, 0.4) is 0 Å². The van der Waals surface area contributed by atoms with E-state index >= 15 is 0 Å². The Labute approximate surface area is 148 Å². The van der Waals surface area contributed by atoms with Crippen LogP contribution >= 0.6 is 0 Å². The van der Waals surface area contributed by atoms with Gasteiger partial charge in [-0.1, -0.05) is 19.8 Å². The van der Waals surface area contributed by atoms with Crippen LogP contribution in [0.1, 0.15) is 32.6 Å². The monoisotopic (exact) mass is 348 g/mol. The van der Waals surface area contributed by atoms with Crippen molar-refractivity contribution in [3.05, 3.63) is 18.5 Å². The molecule has 0 unspecified atom stereocenters. The topological polar surface area (TPSA) is 76.5 Å². The minimum atomic E-state index is -0.495. The highest BCUT2D eigenvalue weighted by Gasteiger charge is 2.54. The van der Waals surface area contributed by atoms with Gasteiger partial charge in [-0.2, -0.15) is 5.10 Å². The maximum atomic E-state index is 12.6. The van der Waals surface area contributed by atoms with Gasteiger partial charge in [-0.25, -0.2) is 4.79 Å². The average molecular weight is 348 g/mol. The number of methoxy groups -OCH3 is 1. The number of aromatic nitrogens is 2. The van der Waals surface area contributed by atoms with E-state index in [1.54, 1.807) is 11.1 Å². The van der Waals surface area contributed by atoms with E-state index in [4.69, 9.17) is 4.74 Å². The first-order valence-electron chi connectivity index (χ1n) is 9.14. The van der Waals surface area contributed by atoms with Crippen molar-refractivity contribution in [1.29, 1.82) is 0 Å². The summed E-state index contributed by atoms with van der Waals surface area (Å²) in [5.74, 6) is 0.351. The van der Waals surface area contributed by atoms with Crippen LogP contribution in [0.2, 0.25) is 0 Å². The highest BCUT2D eigenvalue weighted by atomic mass is 16.5. The summed E-state index contributed by atoms with van der Waals surface area (Å²) in [6, 6.07) is 1.81. The molecule has 1 aromatic heterocycles. The Kier molecular flexibility index (Phi) is 5.30. The van der Waals surface area contributed by atoms with Crippen LogP contribution < -0.4 is 5.32 Å². The van der Waals surface area contributed by atoms with Crippen molar-refractivity contribution < 1.29 is 14.3 Å². The van der Waals surface area contributed by atoms with Gasteiger partial charge in [0.1, 0.15) is 0 Å². The maximum Gasteiger partial charge on any atom is 0.317 e. The number of carbonyl (C=O) groups is 2. The van der Waals surface area contributed by atoms with Gasteiger partial charge in [-0.3, -0.25) is 9.48 Å². The Morgan fingerprint density at radius 2 is 2.28 bits per heavy atom. The Morgan fingerprint density at radius 3 is 3.00 bits per heavy atom. The van der Waals surface area contributed by atoms with Gasteiger partial charge in [-0.05, 0) is 30.7 Å². The summed E-state index contributed by atoms with van der Waals surface area (Å²) in [6.07, 6.45) is 7.65. The van der Waals surface area contributed by atoms with E-state index in [0.29, 0.717) is 19.6 Å². The van der Waals surface area contributed by atoms with E-state index < -0.39 is 5.41 Å². The lowest BCUT2D eigenvalue weighted by molar-refractivity contribution is -0.156. The molecule has 2 aliphatic rings. The fourth-order valence-corrected chi connectivity index (χ4v) is 4.31. The molecule has 25 heavy (non-hydrogen) atoms. The molecule has 0 bridgehead atoms. The summed E-state index contributed by atoms with van der Waals surface area (Å²) in [6.45, 7) is 4.56. The SMILES string of the molecule is COC(=O)[C@@]12CCCC[C@@H]1CN(C(=O)NC[C@H](C)Cn1cccn1)C2. The van der Waals surface area contributed by atoms with E-state index in [1.807, 2.05) is 16.9 Å². The van der Waals surface area contributed by atoms with Gasteiger partial charge >= 0.3 is 12.0 Å². The van der Waals surface area contributed by atoms with Crippen LogP contribution in [-0.2, 0) is 16.1 Å². The number of carbonyl (C=O) groups excluding carboxylic acids is 2. The third-order valence-electron chi connectivity index (χ3n) is 5.66. The number of hydrogen-bond acceptors (Lipinski definition) is 4. The lowest BCUT2D eigenvalue weighted by atomic mass is 9.68. The van der Waals surface area contributed by atoms with Crippen molar-refractivity contribution in [2.45, 2.75) is 39.2 Å². The van der Waals surface area contributed by atoms with Gasteiger partial charge < -0.3 is 15.0 Å². The van der Waals surface area contributed by atoms with Crippen molar-refractivity contribution in [3.63, 3.8) is 0 Å². The van der Waals surface area contributed by atoms with Gasteiger partial charge in [0.05, 0.1) is 12.5 Å². The minimum absolute atomic E-state index is 0.0787. The quantitative estimate of drug-likeness (QED) is 0.825. The van der Waals surface area contributed by atoms with Gasteiger partial charge in [0, 0.05) is 38.6 Å². The van der Waals surface area contributed by atoms with Crippen LogP contribution in [0.5, 0.6) is 0 Å². The molecule has 1 saturated heterocycles. The number of ether oxygens (including phenoxy) is 1. The molecular weight excluding hydrogens is 320 g/mol. The van der Waals surface area contributed by atoms with Crippen LogP contribution in [0.25, 0.3) is 0 Å². The largest absolute Gasteiger partial charge is 0.469 e. The smallest absolute Gasteiger partial charge is 0.317 e. The van der Waals surface area contributed by atoms with Gasteiger partial charge in [-0.15, -0.1) is 0 Å². The Morgan fingerprint density at radius 1 is 1.44 bits per heavy atom. The highest BCUT2D eigenvalue weighted by molar-refractivity contribution is 5.81. The summed E-state index contributed by atoms with van der Waals surface area (Å²) >= 11 is 0. The van der Waals surface area contributed by atoms with E-state index in [-0.39, 0.29) is 23.8 Å². The molecule has 138 valence electrons. The average Bonchev–Trinajstić information content (AvgIpc) is 3.26. The van der Waals surface area contributed by atoms with Gasteiger partial charge in [0.15, 0.2) is 0 Å². The molecule has 0 spiro atoms. The van der Waals surface area contributed by atoms with Crippen molar-refractivity contribution in [2.24, 2.45) is 17.3 Å². The second-order valence-corrected chi connectivity index (χ2v) is 7.49. The molecule has 3 rings (SSSR count). The molecule has 0 aromatic carbocycles. The van der Waals surface area contributed by atoms with Crippen LogP contribution in [0.15, 0.2) is 18.5 Å². The first-order valence-corrected chi connectivity index (χ1v) is 9.14. The predicted molar refractivity (Wildman–Crippen MR) is 92.8 cm³/mol. The zero-order valence-corrected chi connectivity index (χ0v) is 15.1. The second-order valence-electron chi connectivity index (χ2n) is 7.49. The van der Waals surface area contributed by atoms with Crippen molar-refractivity contribution in [2.75, 3.05) is 26.7 Å². The molecule has 3 atom stereocenters. The number of urea groups is 1. The fraction of sp³-hybridized carbons (Fsp3) is 0.722. The predicted octanol–water partition coefficient (Wildman–Crippen LogP) is 1.89. The highest BCUT2D eigenvalue weighted by Crippen LogP contribution is 2.47. The molecule has 1 aromatic rings. The molecule has 7 heteroatoms. The van der Waals surface area contributed by atoms with Crippen LogP contribution in [0.4, 0.5) is 4.79 Å². The molecule has 1 aliphatic carbocycles. The molecule has 1 aliphatic heterocycles. The van der Waals surface area contributed by atoms with Crippen molar-refractivity contribution >= 4 is 12.0 Å². The first-order chi connectivity index (χ1) is 12.0. The molecule has 2 fully saturated rings. The number of amides is 2. The molecular formula is C18H28N4O3. The summed E-state index contributed by atoms with van der Waals surface area (Å²) in [5, 5.41) is 7.20. The zero-order valence-electron chi connectivity index (χ0n) is 15.1. The second kappa shape index (κ2) is 7.45. The maximum absolute atomic E-state index is 12.6. The van der Waals surface area contributed by atoms with Crippen LogP contribution in [0, 0.1) is 17.3 Å². The summed E-state index contributed by atoms with van der Waals surface area (Å²) in [5.41, 5.74) is -0.495. The van der Waals surface area contributed by atoms with Gasteiger partial charge in [0.2, 0.25) is 0 Å². The van der Waals surface area contributed by atoms with E-state index in [0.717, 1.165) is 32.2 Å². The third-order valence-corrected chi connectivity index (χ3v) is 5.66. The summed E-state index contributed by atoms with van der Waals surface area (Å²) < 4.78 is 6.94. The number of hydrogen-bond donors (Lipinski definition) is 1. The zero-order chi connectivity index (χ0) is 17.9. The molecule has 0 radical (unpaired) electrons. The number of rotatable bonds is 5. The number of fused-ring (bicyclic) bond motifs is 1. The van der Waals surface area contributed by atoms with Gasteiger partial charge in [0.25, 0.3) is 0 Å². The Hall–Kier alpha value is -2.05. The fourth-order valence-electron chi connectivity index (χ4n) is 4.31.